The molecule has 1 aliphatic rings. The average Bonchev–Trinajstić information content (AvgIpc) is 2.64. The number of hydrogen-bond acceptors (Lipinski definition) is 3. The SMILES string of the molecule is O=C(Cn1cnc2ccc(Cl)cc2c1=O)NCC1(c2ccccc2)CCC1. The first-order valence-electron chi connectivity index (χ1n) is 9.04. The summed E-state index contributed by atoms with van der Waals surface area (Å²) in [4.78, 5) is 29.3. The number of benzene rings is 2. The second kappa shape index (κ2) is 7.16. The quantitative estimate of drug-likeness (QED) is 0.737. The predicted molar refractivity (Wildman–Crippen MR) is 106 cm³/mol. The molecular formula is C21H20ClN3O2. The molecule has 5 nitrogen and oxygen atoms in total. The molecule has 0 aliphatic heterocycles. The predicted octanol–water partition coefficient (Wildman–Crippen LogP) is 3.29. The van der Waals surface area contributed by atoms with Gasteiger partial charge in [0.05, 0.1) is 17.2 Å². The number of rotatable bonds is 5. The lowest BCUT2D eigenvalue weighted by Crippen LogP contribution is -2.46. The van der Waals surface area contributed by atoms with Crippen LogP contribution >= 0.6 is 11.6 Å². The molecule has 1 amide bonds. The zero-order chi connectivity index (χ0) is 18.9. The lowest BCUT2D eigenvalue weighted by Gasteiger charge is -2.42. The van der Waals surface area contributed by atoms with Gasteiger partial charge in [-0.25, -0.2) is 4.98 Å². The highest BCUT2D eigenvalue weighted by Gasteiger charge is 2.38. The fraction of sp³-hybridized carbons (Fsp3) is 0.286. The van der Waals surface area contributed by atoms with Gasteiger partial charge in [0, 0.05) is 17.0 Å². The Morgan fingerprint density at radius 1 is 1.19 bits per heavy atom. The monoisotopic (exact) mass is 381 g/mol. The summed E-state index contributed by atoms with van der Waals surface area (Å²) >= 11 is 5.97. The molecule has 1 heterocycles. The third-order valence-electron chi connectivity index (χ3n) is 5.42. The molecule has 0 spiro atoms. The average molecular weight is 382 g/mol. The van der Waals surface area contributed by atoms with E-state index in [-0.39, 0.29) is 23.4 Å². The number of nitrogens with zero attached hydrogens (tertiary/aromatic N) is 2. The number of fused-ring (bicyclic) bond motifs is 1. The van der Waals surface area contributed by atoms with Crippen LogP contribution in [-0.4, -0.2) is 22.0 Å². The normalized spacial score (nSPS) is 15.3. The fourth-order valence-electron chi connectivity index (χ4n) is 3.68. The molecule has 1 aromatic heterocycles. The molecule has 3 aromatic rings. The van der Waals surface area contributed by atoms with Crippen molar-refractivity contribution in [3.63, 3.8) is 0 Å². The Hall–Kier alpha value is -2.66. The minimum absolute atomic E-state index is 0.0110. The zero-order valence-corrected chi connectivity index (χ0v) is 15.6. The second-order valence-electron chi connectivity index (χ2n) is 7.12. The van der Waals surface area contributed by atoms with Crippen molar-refractivity contribution in [1.82, 2.24) is 14.9 Å². The van der Waals surface area contributed by atoms with Gasteiger partial charge in [0.25, 0.3) is 5.56 Å². The summed E-state index contributed by atoms with van der Waals surface area (Å²) in [5.74, 6) is -0.192. The summed E-state index contributed by atoms with van der Waals surface area (Å²) < 4.78 is 1.32. The molecule has 0 atom stereocenters. The lowest BCUT2D eigenvalue weighted by molar-refractivity contribution is -0.122. The van der Waals surface area contributed by atoms with E-state index in [2.05, 4.69) is 22.4 Å². The van der Waals surface area contributed by atoms with Crippen LogP contribution < -0.4 is 10.9 Å². The van der Waals surface area contributed by atoms with Crippen LogP contribution in [0, 0.1) is 0 Å². The fourth-order valence-corrected chi connectivity index (χ4v) is 3.86. The molecule has 0 bridgehead atoms. The van der Waals surface area contributed by atoms with Crippen molar-refractivity contribution in [1.29, 1.82) is 0 Å². The second-order valence-corrected chi connectivity index (χ2v) is 7.55. The molecule has 138 valence electrons. The third kappa shape index (κ3) is 3.47. The van der Waals surface area contributed by atoms with Crippen molar-refractivity contribution < 1.29 is 4.79 Å². The van der Waals surface area contributed by atoms with E-state index < -0.39 is 0 Å². The Morgan fingerprint density at radius 3 is 2.67 bits per heavy atom. The van der Waals surface area contributed by atoms with Crippen LogP contribution in [0.1, 0.15) is 24.8 Å². The molecule has 1 aliphatic carbocycles. The molecule has 0 saturated heterocycles. The van der Waals surface area contributed by atoms with Gasteiger partial charge in [-0.3, -0.25) is 14.2 Å². The van der Waals surface area contributed by atoms with E-state index in [9.17, 15) is 9.59 Å². The maximum absolute atomic E-state index is 12.6. The molecule has 0 radical (unpaired) electrons. The lowest BCUT2D eigenvalue weighted by atomic mass is 9.64. The van der Waals surface area contributed by atoms with Gasteiger partial charge in [-0.05, 0) is 36.6 Å². The summed E-state index contributed by atoms with van der Waals surface area (Å²) in [6.45, 7) is 0.524. The van der Waals surface area contributed by atoms with Gasteiger partial charge >= 0.3 is 0 Å². The van der Waals surface area contributed by atoms with Gasteiger partial charge < -0.3 is 5.32 Å². The standard InChI is InChI=1S/C21H20ClN3O2/c22-16-7-8-18-17(11-16)20(27)25(14-24-18)12-19(26)23-13-21(9-4-10-21)15-5-2-1-3-6-15/h1-3,5-8,11,14H,4,9-10,12-13H2,(H,23,26). The van der Waals surface area contributed by atoms with Gasteiger partial charge in [0.15, 0.2) is 0 Å². The van der Waals surface area contributed by atoms with Crippen LogP contribution in [0.4, 0.5) is 0 Å². The molecule has 2 aromatic carbocycles. The Morgan fingerprint density at radius 2 is 1.96 bits per heavy atom. The minimum Gasteiger partial charge on any atom is -0.354 e. The highest BCUT2D eigenvalue weighted by Crippen LogP contribution is 2.43. The number of aromatic nitrogens is 2. The summed E-state index contributed by atoms with van der Waals surface area (Å²) in [6.07, 6.45) is 4.70. The van der Waals surface area contributed by atoms with E-state index in [1.165, 1.54) is 22.9 Å². The molecule has 1 fully saturated rings. The topological polar surface area (TPSA) is 64.0 Å². The number of carbonyl (C=O) groups is 1. The van der Waals surface area contributed by atoms with E-state index in [0.29, 0.717) is 22.5 Å². The summed E-state index contributed by atoms with van der Waals surface area (Å²) in [5, 5.41) is 3.89. The van der Waals surface area contributed by atoms with Crippen LogP contribution in [0.3, 0.4) is 0 Å². The van der Waals surface area contributed by atoms with Crippen molar-refractivity contribution in [3.05, 3.63) is 75.8 Å². The molecule has 1 N–H and O–H groups in total. The number of nitrogens with one attached hydrogen (secondary N) is 1. The van der Waals surface area contributed by atoms with Crippen molar-refractivity contribution >= 4 is 28.4 Å². The molecule has 1 saturated carbocycles. The first-order valence-corrected chi connectivity index (χ1v) is 9.42. The highest BCUT2D eigenvalue weighted by atomic mass is 35.5. The molecular weight excluding hydrogens is 362 g/mol. The largest absolute Gasteiger partial charge is 0.354 e. The summed E-state index contributed by atoms with van der Waals surface area (Å²) in [7, 11) is 0. The van der Waals surface area contributed by atoms with Gasteiger partial charge in [0.2, 0.25) is 5.91 Å². The first-order chi connectivity index (χ1) is 13.1. The molecule has 27 heavy (non-hydrogen) atoms. The first kappa shape index (κ1) is 17.7. The van der Waals surface area contributed by atoms with Crippen molar-refractivity contribution in [3.8, 4) is 0 Å². The van der Waals surface area contributed by atoms with Gasteiger partial charge in [-0.1, -0.05) is 48.4 Å². The maximum Gasteiger partial charge on any atom is 0.261 e. The highest BCUT2D eigenvalue weighted by molar-refractivity contribution is 6.31. The van der Waals surface area contributed by atoms with Crippen molar-refractivity contribution in [2.24, 2.45) is 0 Å². The number of carbonyl (C=O) groups excluding carboxylic acids is 1. The molecule has 0 unspecified atom stereocenters. The van der Waals surface area contributed by atoms with Gasteiger partial charge in [-0.15, -0.1) is 0 Å². The smallest absolute Gasteiger partial charge is 0.261 e. The Bertz CT molecular complexity index is 1040. The number of amides is 1. The van der Waals surface area contributed by atoms with Crippen LogP contribution in [0.5, 0.6) is 0 Å². The van der Waals surface area contributed by atoms with Crippen LogP contribution in [0.25, 0.3) is 10.9 Å². The Balaban J connectivity index is 1.48. The summed E-state index contributed by atoms with van der Waals surface area (Å²) in [6, 6.07) is 15.3. The Kier molecular flexibility index (Phi) is 4.70. The molecule has 4 rings (SSSR count). The van der Waals surface area contributed by atoms with E-state index in [1.54, 1.807) is 18.2 Å². The van der Waals surface area contributed by atoms with E-state index >= 15 is 0 Å². The van der Waals surface area contributed by atoms with Crippen LogP contribution in [0.15, 0.2) is 59.7 Å². The molecule has 6 heteroatoms. The number of halogens is 1. The third-order valence-corrected chi connectivity index (χ3v) is 5.66. The van der Waals surface area contributed by atoms with Crippen LogP contribution in [-0.2, 0) is 16.8 Å². The Labute approximate surface area is 162 Å². The van der Waals surface area contributed by atoms with Crippen molar-refractivity contribution in [2.75, 3.05) is 6.54 Å². The van der Waals surface area contributed by atoms with Crippen molar-refractivity contribution in [2.45, 2.75) is 31.2 Å². The van der Waals surface area contributed by atoms with Crippen LogP contribution in [0.2, 0.25) is 5.02 Å². The van der Waals surface area contributed by atoms with Gasteiger partial charge in [-0.2, -0.15) is 0 Å². The van der Waals surface area contributed by atoms with E-state index in [4.69, 9.17) is 11.6 Å². The summed E-state index contributed by atoms with van der Waals surface area (Å²) in [5.41, 5.74) is 1.57. The minimum atomic E-state index is -0.265. The van der Waals surface area contributed by atoms with Gasteiger partial charge in [0.1, 0.15) is 6.54 Å². The maximum atomic E-state index is 12.6. The van der Waals surface area contributed by atoms with E-state index in [1.807, 2.05) is 18.2 Å². The van der Waals surface area contributed by atoms with E-state index in [0.717, 1.165) is 12.8 Å². The zero-order valence-electron chi connectivity index (χ0n) is 14.8. The number of hydrogen-bond donors (Lipinski definition) is 1.